The lowest BCUT2D eigenvalue weighted by Gasteiger charge is -2.05. The van der Waals surface area contributed by atoms with Crippen LogP contribution in [-0.2, 0) is 0 Å². The zero-order valence-corrected chi connectivity index (χ0v) is 9.81. The molecule has 2 aromatic heterocycles. The Morgan fingerprint density at radius 1 is 1.44 bits per heavy atom. The van der Waals surface area contributed by atoms with E-state index in [4.69, 9.17) is 11.6 Å². The van der Waals surface area contributed by atoms with Crippen molar-refractivity contribution < 1.29 is 5.11 Å². The molecule has 2 aromatic rings. The van der Waals surface area contributed by atoms with Crippen molar-refractivity contribution in [2.45, 2.75) is 20.0 Å². The lowest BCUT2D eigenvalue weighted by molar-refractivity contribution is 0.194. The van der Waals surface area contributed by atoms with E-state index in [9.17, 15) is 5.11 Å². The highest BCUT2D eigenvalue weighted by molar-refractivity contribution is 6.31. The molecule has 1 N–H and O–H groups in total. The Morgan fingerprint density at radius 2 is 2.19 bits per heavy atom. The average molecular weight is 238 g/mol. The van der Waals surface area contributed by atoms with Gasteiger partial charge in [-0.25, -0.2) is 4.68 Å². The van der Waals surface area contributed by atoms with E-state index in [0.717, 1.165) is 11.4 Å². The van der Waals surface area contributed by atoms with Gasteiger partial charge < -0.3 is 5.11 Å². The molecule has 0 aliphatic carbocycles. The number of halogens is 1. The summed E-state index contributed by atoms with van der Waals surface area (Å²) in [6, 6.07) is 3.61. The summed E-state index contributed by atoms with van der Waals surface area (Å²) in [5, 5.41) is 14.2. The molecular formula is C11H12ClN3O. The molecule has 1 atom stereocenters. The predicted octanol–water partition coefficient (Wildman–Crippen LogP) is 2.28. The van der Waals surface area contributed by atoms with Gasteiger partial charge in [-0.05, 0) is 26.0 Å². The smallest absolute Gasteiger partial charge is 0.0931 e. The maximum Gasteiger partial charge on any atom is 0.0931 e. The zero-order chi connectivity index (χ0) is 11.7. The van der Waals surface area contributed by atoms with Crippen LogP contribution in [0.15, 0.2) is 24.5 Å². The van der Waals surface area contributed by atoms with E-state index in [1.165, 1.54) is 0 Å². The van der Waals surface area contributed by atoms with Crippen LogP contribution in [0, 0.1) is 6.92 Å². The van der Waals surface area contributed by atoms with Crippen molar-refractivity contribution >= 4 is 11.6 Å². The normalized spacial score (nSPS) is 12.8. The van der Waals surface area contributed by atoms with Gasteiger partial charge in [0.25, 0.3) is 0 Å². The first-order valence-electron chi connectivity index (χ1n) is 4.94. The number of aliphatic hydroxyl groups is 1. The third-order valence-electron chi connectivity index (χ3n) is 2.30. The fraction of sp³-hybridized carbons (Fsp3) is 0.273. The van der Waals surface area contributed by atoms with Crippen molar-refractivity contribution in [1.82, 2.24) is 14.8 Å². The SMILES string of the molecule is Cc1nn(-c2ccc(C(C)O)nc2)cc1Cl. The second-order valence-corrected chi connectivity index (χ2v) is 4.03. The minimum atomic E-state index is -0.558. The van der Waals surface area contributed by atoms with Crippen molar-refractivity contribution in [3.05, 3.63) is 40.9 Å². The van der Waals surface area contributed by atoms with Crippen LogP contribution in [-0.4, -0.2) is 19.9 Å². The third-order valence-corrected chi connectivity index (χ3v) is 2.67. The predicted molar refractivity (Wildman–Crippen MR) is 61.7 cm³/mol. The van der Waals surface area contributed by atoms with E-state index in [2.05, 4.69) is 10.1 Å². The molecule has 0 radical (unpaired) electrons. The van der Waals surface area contributed by atoms with Gasteiger partial charge in [0, 0.05) is 6.20 Å². The minimum absolute atomic E-state index is 0.558. The number of hydrogen-bond donors (Lipinski definition) is 1. The van der Waals surface area contributed by atoms with Crippen LogP contribution in [0.1, 0.15) is 24.4 Å². The molecule has 0 aromatic carbocycles. The summed E-state index contributed by atoms with van der Waals surface area (Å²) >= 11 is 5.92. The molecular weight excluding hydrogens is 226 g/mol. The van der Waals surface area contributed by atoms with Crippen LogP contribution in [0.25, 0.3) is 5.69 Å². The van der Waals surface area contributed by atoms with Crippen molar-refractivity contribution in [1.29, 1.82) is 0 Å². The molecule has 0 saturated carbocycles. The number of hydrogen-bond acceptors (Lipinski definition) is 3. The summed E-state index contributed by atoms with van der Waals surface area (Å²) in [6.45, 7) is 3.52. The maximum absolute atomic E-state index is 9.33. The Balaban J connectivity index is 2.34. The molecule has 0 aliphatic rings. The lowest BCUT2D eigenvalue weighted by atomic mass is 10.2. The molecule has 4 nitrogen and oxygen atoms in total. The van der Waals surface area contributed by atoms with Gasteiger partial charge in [-0.1, -0.05) is 11.6 Å². The number of pyridine rings is 1. The van der Waals surface area contributed by atoms with Crippen LogP contribution in [0.4, 0.5) is 0 Å². The maximum atomic E-state index is 9.33. The highest BCUT2D eigenvalue weighted by Gasteiger charge is 2.06. The van der Waals surface area contributed by atoms with Crippen LogP contribution >= 0.6 is 11.6 Å². The zero-order valence-electron chi connectivity index (χ0n) is 9.05. The Kier molecular flexibility index (Phi) is 2.94. The van der Waals surface area contributed by atoms with Gasteiger partial charge in [-0.15, -0.1) is 0 Å². The second kappa shape index (κ2) is 4.23. The first-order chi connectivity index (χ1) is 7.58. The Bertz CT molecular complexity index is 471. The summed E-state index contributed by atoms with van der Waals surface area (Å²) in [7, 11) is 0. The quantitative estimate of drug-likeness (QED) is 0.872. The van der Waals surface area contributed by atoms with Gasteiger partial charge in [0.2, 0.25) is 0 Å². The van der Waals surface area contributed by atoms with Crippen LogP contribution in [0.3, 0.4) is 0 Å². The molecule has 0 bridgehead atoms. The fourth-order valence-electron chi connectivity index (χ4n) is 1.35. The van der Waals surface area contributed by atoms with Gasteiger partial charge >= 0.3 is 0 Å². The minimum Gasteiger partial charge on any atom is -0.387 e. The third kappa shape index (κ3) is 2.08. The van der Waals surface area contributed by atoms with Gasteiger partial charge in [0.05, 0.1) is 34.4 Å². The second-order valence-electron chi connectivity index (χ2n) is 3.62. The van der Waals surface area contributed by atoms with E-state index >= 15 is 0 Å². The van der Waals surface area contributed by atoms with E-state index in [-0.39, 0.29) is 0 Å². The van der Waals surface area contributed by atoms with Gasteiger partial charge in [-0.2, -0.15) is 5.10 Å². The Hall–Kier alpha value is -1.39. The van der Waals surface area contributed by atoms with E-state index in [0.29, 0.717) is 10.7 Å². The van der Waals surface area contributed by atoms with E-state index in [1.807, 2.05) is 13.0 Å². The molecule has 0 spiro atoms. The largest absolute Gasteiger partial charge is 0.387 e. The van der Waals surface area contributed by atoms with Crippen molar-refractivity contribution in [2.75, 3.05) is 0 Å². The highest BCUT2D eigenvalue weighted by atomic mass is 35.5. The van der Waals surface area contributed by atoms with Crippen molar-refractivity contribution in [3.63, 3.8) is 0 Å². The van der Waals surface area contributed by atoms with Crippen LogP contribution in [0.2, 0.25) is 5.02 Å². The summed E-state index contributed by atoms with van der Waals surface area (Å²) < 4.78 is 1.66. The first kappa shape index (κ1) is 11.1. The standard InChI is InChI=1S/C11H12ClN3O/c1-7-10(12)6-15(14-7)9-3-4-11(8(2)16)13-5-9/h3-6,8,16H,1-2H3. The Labute approximate surface area is 98.5 Å². The van der Waals surface area contributed by atoms with E-state index in [1.54, 1.807) is 30.1 Å². The summed E-state index contributed by atoms with van der Waals surface area (Å²) in [5.74, 6) is 0. The summed E-state index contributed by atoms with van der Waals surface area (Å²) in [5.41, 5.74) is 2.24. The lowest BCUT2D eigenvalue weighted by Crippen LogP contribution is -1.99. The molecule has 0 aliphatic heterocycles. The van der Waals surface area contributed by atoms with Crippen LogP contribution in [0.5, 0.6) is 0 Å². The van der Waals surface area contributed by atoms with Gasteiger partial charge in [-0.3, -0.25) is 4.98 Å². The summed E-state index contributed by atoms with van der Waals surface area (Å²) in [4.78, 5) is 4.14. The molecule has 16 heavy (non-hydrogen) atoms. The number of aromatic nitrogens is 3. The molecule has 2 rings (SSSR count). The van der Waals surface area contributed by atoms with E-state index < -0.39 is 6.10 Å². The number of aliphatic hydroxyl groups excluding tert-OH is 1. The molecule has 0 saturated heterocycles. The molecule has 0 amide bonds. The average Bonchev–Trinajstić information content (AvgIpc) is 2.59. The molecule has 0 fully saturated rings. The first-order valence-corrected chi connectivity index (χ1v) is 5.32. The monoisotopic (exact) mass is 237 g/mol. The number of nitrogens with zero attached hydrogens (tertiary/aromatic N) is 3. The topological polar surface area (TPSA) is 50.9 Å². The number of aryl methyl sites for hydroxylation is 1. The summed E-state index contributed by atoms with van der Waals surface area (Å²) in [6.07, 6.45) is 2.83. The molecule has 5 heteroatoms. The van der Waals surface area contributed by atoms with Crippen molar-refractivity contribution in [3.8, 4) is 5.69 Å². The highest BCUT2D eigenvalue weighted by Crippen LogP contribution is 2.17. The van der Waals surface area contributed by atoms with Crippen LogP contribution < -0.4 is 0 Å². The van der Waals surface area contributed by atoms with Gasteiger partial charge in [0.1, 0.15) is 0 Å². The number of rotatable bonds is 2. The Morgan fingerprint density at radius 3 is 2.62 bits per heavy atom. The molecule has 2 heterocycles. The fourth-order valence-corrected chi connectivity index (χ4v) is 1.48. The van der Waals surface area contributed by atoms with Crippen molar-refractivity contribution in [2.24, 2.45) is 0 Å². The molecule has 1 unspecified atom stereocenters. The van der Waals surface area contributed by atoms with Gasteiger partial charge in [0.15, 0.2) is 0 Å². The molecule has 84 valence electrons.